The molecule has 3 aromatic rings. The minimum atomic E-state index is 0.237. The van der Waals surface area contributed by atoms with Crippen molar-refractivity contribution in [3.63, 3.8) is 0 Å². The monoisotopic (exact) mass is 279 g/mol. The van der Waals surface area contributed by atoms with Gasteiger partial charge in [0.05, 0.1) is 0 Å². The summed E-state index contributed by atoms with van der Waals surface area (Å²) < 4.78 is 0. The van der Waals surface area contributed by atoms with Gasteiger partial charge >= 0.3 is 0 Å². The molecule has 0 spiro atoms. The van der Waals surface area contributed by atoms with Gasteiger partial charge in [0.1, 0.15) is 11.6 Å². The third kappa shape index (κ3) is 2.80. The molecule has 0 bridgehead atoms. The molecule has 2 aromatic carbocycles. The van der Waals surface area contributed by atoms with Crippen LogP contribution in [0.25, 0.3) is 10.8 Å². The van der Waals surface area contributed by atoms with Crippen LogP contribution in [0.4, 0.5) is 5.82 Å². The Labute approximate surface area is 123 Å². The lowest BCUT2D eigenvalue weighted by Crippen LogP contribution is -2.07. The van der Waals surface area contributed by atoms with E-state index in [-0.39, 0.29) is 5.75 Å². The van der Waals surface area contributed by atoms with Gasteiger partial charge in [-0.1, -0.05) is 30.3 Å². The molecule has 0 saturated carbocycles. The molecule has 0 unspecified atom stereocenters. The van der Waals surface area contributed by atoms with Crippen molar-refractivity contribution in [3.8, 4) is 5.75 Å². The molecule has 1 aromatic heterocycles. The molecule has 0 aliphatic heterocycles. The molecule has 0 aliphatic rings. The van der Waals surface area contributed by atoms with E-state index < -0.39 is 0 Å². The van der Waals surface area contributed by atoms with E-state index in [1.165, 1.54) is 0 Å². The Morgan fingerprint density at radius 3 is 2.67 bits per heavy atom. The summed E-state index contributed by atoms with van der Waals surface area (Å²) in [5, 5.41) is 14.9. The SMILES string of the molecule is NCc1ccccc1CNc1nccc2ccc(O)cc12. The Hall–Kier alpha value is -2.59. The van der Waals surface area contributed by atoms with Gasteiger partial charge in [0, 0.05) is 24.7 Å². The number of nitrogens with one attached hydrogen (secondary N) is 1. The van der Waals surface area contributed by atoms with Gasteiger partial charge in [-0.15, -0.1) is 0 Å². The van der Waals surface area contributed by atoms with E-state index in [1.54, 1.807) is 18.3 Å². The van der Waals surface area contributed by atoms with Gasteiger partial charge in [-0.2, -0.15) is 0 Å². The molecule has 4 N–H and O–H groups in total. The summed E-state index contributed by atoms with van der Waals surface area (Å²) in [6, 6.07) is 15.3. The van der Waals surface area contributed by atoms with E-state index in [4.69, 9.17) is 5.73 Å². The number of nitrogens with zero attached hydrogens (tertiary/aromatic N) is 1. The number of benzene rings is 2. The molecule has 0 atom stereocenters. The van der Waals surface area contributed by atoms with Crippen LogP contribution in [-0.2, 0) is 13.1 Å². The van der Waals surface area contributed by atoms with E-state index in [2.05, 4.69) is 16.4 Å². The summed E-state index contributed by atoms with van der Waals surface area (Å²) >= 11 is 0. The van der Waals surface area contributed by atoms with Gasteiger partial charge in [0.2, 0.25) is 0 Å². The lowest BCUT2D eigenvalue weighted by Gasteiger charge is -2.11. The van der Waals surface area contributed by atoms with E-state index in [0.29, 0.717) is 13.1 Å². The first-order chi connectivity index (χ1) is 10.3. The van der Waals surface area contributed by atoms with Crippen molar-refractivity contribution in [2.75, 3.05) is 5.32 Å². The van der Waals surface area contributed by atoms with Crippen LogP contribution in [-0.4, -0.2) is 10.1 Å². The van der Waals surface area contributed by atoms with E-state index >= 15 is 0 Å². The average molecular weight is 279 g/mol. The van der Waals surface area contributed by atoms with Crippen molar-refractivity contribution in [2.24, 2.45) is 5.73 Å². The highest BCUT2D eigenvalue weighted by molar-refractivity contribution is 5.92. The molecule has 21 heavy (non-hydrogen) atoms. The van der Waals surface area contributed by atoms with E-state index in [1.807, 2.05) is 30.3 Å². The average Bonchev–Trinajstić information content (AvgIpc) is 2.53. The molecule has 0 radical (unpaired) electrons. The van der Waals surface area contributed by atoms with Crippen molar-refractivity contribution in [1.29, 1.82) is 0 Å². The molecular weight excluding hydrogens is 262 g/mol. The number of fused-ring (bicyclic) bond motifs is 1. The maximum absolute atomic E-state index is 9.65. The van der Waals surface area contributed by atoms with Gasteiger partial charge in [-0.3, -0.25) is 0 Å². The highest BCUT2D eigenvalue weighted by atomic mass is 16.3. The van der Waals surface area contributed by atoms with E-state index in [9.17, 15) is 5.11 Å². The zero-order valence-corrected chi connectivity index (χ0v) is 11.6. The first kappa shape index (κ1) is 13.4. The fourth-order valence-corrected chi connectivity index (χ4v) is 2.41. The first-order valence-corrected chi connectivity index (χ1v) is 6.86. The lowest BCUT2D eigenvalue weighted by atomic mass is 10.1. The van der Waals surface area contributed by atoms with Crippen molar-refractivity contribution in [3.05, 3.63) is 65.9 Å². The summed E-state index contributed by atoms with van der Waals surface area (Å²) in [7, 11) is 0. The number of pyridine rings is 1. The molecule has 0 aliphatic carbocycles. The van der Waals surface area contributed by atoms with Crippen molar-refractivity contribution in [2.45, 2.75) is 13.1 Å². The van der Waals surface area contributed by atoms with Gasteiger partial charge in [-0.05, 0) is 34.7 Å². The van der Waals surface area contributed by atoms with Crippen LogP contribution in [0.5, 0.6) is 5.75 Å². The number of hydrogen-bond acceptors (Lipinski definition) is 4. The predicted octanol–water partition coefficient (Wildman–Crippen LogP) is 3.01. The summed E-state index contributed by atoms with van der Waals surface area (Å²) in [5.41, 5.74) is 8.02. The second-order valence-electron chi connectivity index (χ2n) is 4.89. The number of phenolic OH excluding ortho intramolecular Hbond substituents is 1. The van der Waals surface area contributed by atoms with Crippen LogP contribution in [0.15, 0.2) is 54.7 Å². The highest BCUT2D eigenvalue weighted by Gasteiger charge is 2.05. The second-order valence-corrected chi connectivity index (χ2v) is 4.89. The van der Waals surface area contributed by atoms with Crippen LogP contribution in [0, 0.1) is 0 Å². The Balaban J connectivity index is 1.90. The molecule has 4 nitrogen and oxygen atoms in total. The van der Waals surface area contributed by atoms with Crippen molar-refractivity contribution >= 4 is 16.6 Å². The largest absolute Gasteiger partial charge is 0.508 e. The molecule has 106 valence electrons. The standard InChI is InChI=1S/C17H17N3O/c18-10-13-3-1-2-4-14(13)11-20-17-16-9-15(21)6-5-12(16)7-8-19-17/h1-9,21H,10-11,18H2,(H,19,20). The smallest absolute Gasteiger partial charge is 0.134 e. The molecule has 0 fully saturated rings. The molecule has 4 heteroatoms. The molecular formula is C17H17N3O. The highest BCUT2D eigenvalue weighted by Crippen LogP contribution is 2.25. The number of aromatic nitrogens is 1. The maximum atomic E-state index is 9.65. The number of rotatable bonds is 4. The van der Waals surface area contributed by atoms with Crippen LogP contribution in [0.3, 0.4) is 0 Å². The number of phenols is 1. The van der Waals surface area contributed by atoms with Crippen LogP contribution in [0.1, 0.15) is 11.1 Å². The van der Waals surface area contributed by atoms with Crippen molar-refractivity contribution < 1.29 is 5.11 Å². The first-order valence-electron chi connectivity index (χ1n) is 6.86. The Morgan fingerprint density at radius 2 is 1.86 bits per heavy atom. The fourth-order valence-electron chi connectivity index (χ4n) is 2.41. The van der Waals surface area contributed by atoms with Gasteiger partial charge < -0.3 is 16.2 Å². The van der Waals surface area contributed by atoms with Gasteiger partial charge in [-0.25, -0.2) is 4.98 Å². The number of anilines is 1. The number of hydrogen-bond donors (Lipinski definition) is 3. The predicted molar refractivity (Wildman–Crippen MR) is 85.1 cm³/mol. The zero-order chi connectivity index (χ0) is 14.7. The molecule has 0 amide bonds. The Bertz CT molecular complexity index is 771. The minimum Gasteiger partial charge on any atom is -0.508 e. The van der Waals surface area contributed by atoms with Crippen LogP contribution in [0.2, 0.25) is 0 Å². The summed E-state index contributed by atoms with van der Waals surface area (Å²) in [5.74, 6) is 0.996. The zero-order valence-electron chi connectivity index (χ0n) is 11.6. The summed E-state index contributed by atoms with van der Waals surface area (Å²) in [4.78, 5) is 4.37. The number of aromatic hydroxyl groups is 1. The van der Waals surface area contributed by atoms with Crippen LogP contribution >= 0.6 is 0 Å². The molecule has 1 heterocycles. The second kappa shape index (κ2) is 5.81. The lowest BCUT2D eigenvalue weighted by molar-refractivity contribution is 0.476. The van der Waals surface area contributed by atoms with Crippen molar-refractivity contribution in [1.82, 2.24) is 4.98 Å². The third-order valence-corrected chi connectivity index (χ3v) is 3.53. The fraction of sp³-hybridized carbons (Fsp3) is 0.118. The quantitative estimate of drug-likeness (QED) is 0.686. The Kier molecular flexibility index (Phi) is 3.71. The van der Waals surface area contributed by atoms with Gasteiger partial charge in [0.25, 0.3) is 0 Å². The third-order valence-electron chi connectivity index (χ3n) is 3.53. The summed E-state index contributed by atoms with van der Waals surface area (Å²) in [6.45, 7) is 1.16. The van der Waals surface area contributed by atoms with Crippen LogP contribution < -0.4 is 11.1 Å². The topological polar surface area (TPSA) is 71.2 Å². The number of nitrogens with two attached hydrogens (primary N) is 1. The van der Waals surface area contributed by atoms with E-state index in [0.717, 1.165) is 27.7 Å². The Morgan fingerprint density at radius 1 is 1.05 bits per heavy atom. The summed E-state index contributed by atoms with van der Waals surface area (Å²) in [6.07, 6.45) is 1.76. The molecule has 0 saturated heterocycles. The van der Waals surface area contributed by atoms with Gasteiger partial charge in [0.15, 0.2) is 0 Å². The molecule has 3 rings (SSSR count). The normalized spacial score (nSPS) is 10.7. The maximum Gasteiger partial charge on any atom is 0.134 e. The minimum absolute atomic E-state index is 0.237.